The van der Waals surface area contributed by atoms with Crippen LogP contribution in [0.25, 0.3) is 0 Å². The maximum Gasteiger partial charge on any atom is 0.374 e. The lowest BCUT2D eigenvalue weighted by atomic mass is 10.1. The molecule has 1 aromatic rings. The van der Waals surface area contributed by atoms with Crippen LogP contribution in [0.2, 0.25) is 0 Å². The fraction of sp³-hybridized carbons (Fsp3) is 0.385. The Morgan fingerprint density at radius 2 is 1.82 bits per heavy atom. The van der Waals surface area contributed by atoms with Crippen molar-refractivity contribution in [2.75, 3.05) is 13.7 Å². The van der Waals surface area contributed by atoms with Gasteiger partial charge in [0.1, 0.15) is 5.75 Å². The number of ketones is 1. The normalized spacial score (nSPS) is 9.76. The lowest BCUT2D eigenvalue weighted by molar-refractivity contribution is -0.153. The van der Waals surface area contributed by atoms with Crippen LogP contribution in [0.4, 0.5) is 0 Å². The number of carbonyl (C=O) groups excluding carboxylic acids is 2. The second kappa shape index (κ2) is 6.68. The Morgan fingerprint density at radius 3 is 2.35 bits per heavy atom. The molecule has 4 heteroatoms. The Balaban J connectivity index is 2.44. The summed E-state index contributed by atoms with van der Waals surface area (Å²) in [4.78, 5) is 22.4. The van der Waals surface area contributed by atoms with E-state index in [9.17, 15) is 9.59 Å². The average Bonchev–Trinajstić information content (AvgIpc) is 2.36. The summed E-state index contributed by atoms with van der Waals surface area (Å²) in [6.07, 6.45) is 0.701. The monoisotopic (exact) mass is 236 g/mol. The van der Waals surface area contributed by atoms with Crippen molar-refractivity contribution in [1.29, 1.82) is 0 Å². The molecule has 0 aliphatic heterocycles. The van der Waals surface area contributed by atoms with Gasteiger partial charge < -0.3 is 9.47 Å². The van der Waals surface area contributed by atoms with E-state index >= 15 is 0 Å². The van der Waals surface area contributed by atoms with Crippen LogP contribution in [0.15, 0.2) is 24.3 Å². The number of methoxy groups -OCH3 is 1. The molecule has 1 rings (SSSR count). The maximum absolute atomic E-state index is 11.3. The van der Waals surface area contributed by atoms with Crippen LogP contribution in [0.3, 0.4) is 0 Å². The molecule has 0 bridgehead atoms. The van der Waals surface area contributed by atoms with E-state index in [4.69, 9.17) is 4.74 Å². The molecule has 0 atom stereocenters. The summed E-state index contributed by atoms with van der Waals surface area (Å²) in [6, 6.07) is 7.39. The molecule has 0 spiro atoms. The van der Waals surface area contributed by atoms with E-state index in [0.717, 1.165) is 11.3 Å². The number of aryl methyl sites for hydroxylation is 1. The van der Waals surface area contributed by atoms with E-state index < -0.39 is 11.8 Å². The van der Waals surface area contributed by atoms with Gasteiger partial charge in [-0.15, -0.1) is 0 Å². The number of hydrogen-bond acceptors (Lipinski definition) is 4. The zero-order valence-electron chi connectivity index (χ0n) is 10.1. The Kier molecular flexibility index (Phi) is 5.20. The third kappa shape index (κ3) is 4.26. The van der Waals surface area contributed by atoms with Crippen LogP contribution in [0.1, 0.15) is 18.9 Å². The Morgan fingerprint density at radius 1 is 1.18 bits per heavy atom. The van der Waals surface area contributed by atoms with Gasteiger partial charge in [0.25, 0.3) is 0 Å². The molecule has 0 fully saturated rings. The molecule has 92 valence electrons. The molecule has 0 aliphatic carbocycles. The molecular weight excluding hydrogens is 220 g/mol. The molecule has 0 N–H and O–H groups in total. The van der Waals surface area contributed by atoms with Gasteiger partial charge in [-0.2, -0.15) is 0 Å². The number of hydrogen-bond donors (Lipinski definition) is 0. The third-order valence-corrected chi connectivity index (χ3v) is 2.30. The van der Waals surface area contributed by atoms with Gasteiger partial charge in [0, 0.05) is 6.42 Å². The van der Waals surface area contributed by atoms with Crippen molar-refractivity contribution < 1.29 is 19.1 Å². The summed E-state index contributed by atoms with van der Waals surface area (Å²) in [5, 5.41) is 0. The summed E-state index contributed by atoms with van der Waals surface area (Å²) in [5.41, 5.74) is 0.989. The first-order valence-corrected chi connectivity index (χ1v) is 5.50. The highest BCUT2D eigenvalue weighted by Gasteiger charge is 2.14. The minimum atomic E-state index is -0.749. The summed E-state index contributed by atoms with van der Waals surface area (Å²) in [5.74, 6) is -0.464. The first-order chi connectivity index (χ1) is 8.17. The summed E-state index contributed by atoms with van der Waals surface area (Å²) in [7, 11) is 1.60. The van der Waals surface area contributed by atoms with Crippen molar-refractivity contribution in [3.05, 3.63) is 29.8 Å². The summed E-state index contributed by atoms with van der Waals surface area (Å²) in [6.45, 7) is 1.90. The fourth-order valence-electron chi connectivity index (χ4n) is 1.36. The second-order valence-electron chi connectivity index (χ2n) is 3.49. The zero-order valence-corrected chi connectivity index (χ0v) is 10.1. The number of benzene rings is 1. The quantitative estimate of drug-likeness (QED) is 0.558. The van der Waals surface area contributed by atoms with Crippen LogP contribution in [-0.4, -0.2) is 25.5 Å². The van der Waals surface area contributed by atoms with E-state index in [1.807, 2.05) is 24.3 Å². The van der Waals surface area contributed by atoms with E-state index in [1.165, 1.54) is 0 Å². The molecule has 0 amide bonds. The molecule has 4 nitrogen and oxygen atoms in total. The Bertz CT molecular complexity index is 381. The molecule has 0 heterocycles. The maximum atomic E-state index is 11.3. The van der Waals surface area contributed by atoms with E-state index in [0.29, 0.717) is 6.42 Å². The van der Waals surface area contributed by atoms with E-state index in [1.54, 1.807) is 14.0 Å². The number of rotatable bonds is 6. The average molecular weight is 236 g/mol. The van der Waals surface area contributed by atoms with Crippen molar-refractivity contribution in [2.24, 2.45) is 0 Å². The molecule has 0 aromatic heterocycles. The standard InChI is InChI=1S/C13H16O4/c1-3-17-13(15)12(14)9-6-10-4-7-11(16-2)8-5-10/h4-5,7-8H,3,6,9H2,1-2H3. The highest BCUT2D eigenvalue weighted by atomic mass is 16.5. The molecule has 17 heavy (non-hydrogen) atoms. The van der Waals surface area contributed by atoms with Gasteiger partial charge in [0.05, 0.1) is 13.7 Å². The first-order valence-electron chi connectivity index (χ1n) is 5.50. The van der Waals surface area contributed by atoms with Crippen molar-refractivity contribution in [1.82, 2.24) is 0 Å². The van der Waals surface area contributed by atoms with Crippen molar-refractivity contribution in [3.8, 4) is 5.75 Å². The van der Waals surface area contributed by atoms with Crippen molar-refractivity contribution in [2.45, 2.75) is 19.8 Å². The van der Waals surface area contributed by atoms with Crippen molar-refractivity contribution >= 4 is 11.8 Å². The van der Waals surface area contributed by atoms with E-state index in [2.05, 4.69) is 4.74 Å². The van der Waals surface area contributed by atoms with Gasteiger partial charge in [-0.05, 0) is 31.0 Å². The number of esters is 1. The number of ether oxygens (including phenoxy) is 2. The van der Waals surface area contributed by atoms with Crippen LogP contribution in [-0.2, 0) is 20.7 Å². The van der Waals surface area contributed by atoms with Gasteiger partial charge >= 0.3 is 5.97 Å². The SMILES string of the molecule is CCOC(=O)C(=O)CCc1ccc(OC)cc1. The Labute approximate surface area is 101 Å². The summed E-state index contributed by atoms with van der Waals surface area (Å²) >= 11 is 0. The lowest BCUT2D eigenvalue weighted by Crippen LogP contribution is -2.17. The van der Waals surface area contributed by atoms with Crippen molar-refractivity contribution in [3.63, 3.8) is 0 Å². The smallest absolute Gasteiger partial charge is 0.374 e. The summed E-state index contributed by atoms with van der Waals surface area (Å²) < 4.78 is 9.64. The zero-order chi connectivity index (χ0) is 12.7. The Hall–Kier alpha value is -1.84. The van der Waals surface area contributed by atoms with Gasteiger partial charge in [0.15, 0.2) is 0 Å². The topological polar surface area (TPSA) is 52.6 Å². The third-order valence-electron chi connectivity index (χ3n) is 2.30. The predicted molar refractivity (Wildman–Crippen MR) is 63.0 cm³/mol. The van der Waals surface area contributed by atoms with Gasteiger partial charge in [0.2, 0.25) is 5.78 Å². The predicted octanol–water partition coefficient (Wildman–Crippen LogP) is 1.76. The number of carbonyl (C=O) groups is 2. The van der Waals surface area contributed by atoms with E-state index in [-0.39, 0.29) is 13.0 Å². The molecule has 0 radical (unpaired) electrons. The van der Waals surface area contributed by atoms with Gasteiger partial charge in [-0.1, -0.05) is 12.1 Å². The minimum absolute atomic E-state index is 0.172. The van der Waals surface area contributed by atoms with Crippen LogP contribution in [0.5, 0.6) is 5.75 Å². The van der Waals surface area contributed by atoms with Gasteiger partial charge in [-0.3, -0.25) is 4.79 Å². The van der Waals surface area contributed by atoms with Crippen LogP contribution >= 0.6 is 0 Å². The molecule has 0 aliphatic rings. The molecule has 0 saturated carbocycles. The largest absolute Gasteiger partial charge is 0.497 e. The van der Waals surface area contributed by atoms with Gasteiger partial charge in [-0.25, -0.2) is 4.79 Å². The molecular formula is C13H16O4. The highest BCUT2D eigenvalue weighted by Crippen LogP contribution is 2.12. The lowest BCUT2D eigenvalue weighted by Gasteiger charge is -2.03. The number of Topliss-reactive ketones (excluding diaryl/α,β-unsaturated/α-hetero) is 1. The molecule has 0 saturated heterocycles. The molecule has 1 aromatic carbocycles. The van der Waals surface area contributed by atoms with Crippen LogP contribution < -0.4 is 4.74 Å². The fourth-order valence-corrected chi connectivity index (χ4v) is 1.36. The first kappa shape index (κ1) is 13.2. The second-order valence-corrected chi connectivity index (χ2v) is 3.49. The van der Waals surface area contributed by atoms with Crippen LogP contribution in [0, 0.1) is 0 Å². The molecule has 0 unspecified atom stereocenters. The minimum Gasteiger partial charge on any atom is -0.497 e. The highest BCUT2D eigenvalue weighted by molar-refractivity contribution is 6.33.